The predicted octanol–water partition coefficient (Wildman–Crippen LogP) is 2.77. The monoisotopic (exact) mass is 338 g/mol. The molecule has 2 N–H and O–H groups in total. The van der Waals surface area contributed by atoms with Crippen molar-refractivity contribution in [1.29, 1.82) is 0 Å². The first kappa shape index (κ1) is 18.2. The number of hydrogen-bond donors (Lipinski definition) is 1. The Kier molecular flexibility index (Phi) is 6.45. The summed E-state index contributed by atoms with van der Waals surface area (Å²) in [6.07, 6.45) is 2.80. The van der Waals surface area contributed by atoms with Gasteiger partial charge in [0, 0.05) is 25.7 Å². The Balaban J connectivity index is 0.00000192. The average Bonchev–Trinajstić information content (AvgIpc) is 3.05. The predicted molar refractivity (Wildman–Crippen MR) is 93.4 cm³/mol. The lowest BCUT2D eigenvalue weighted by atomic mass is 9.88. The van der Waals surface area contributed by atoms with E-state index in [0.717, 1.165) is 44.5 Å². The van der Waals surface area contributed by atoms with Gasteiger partial charge in [0.05, 0.1) is 12.0 Å². The van der Waals surface area contributed by atoms with Crippen molar-refractivity contribution in [2.24, 2.45) is 17.6 Å². The number of rotatable bonds is 3. The van der Waals surface area contributed by atoms with Gasteiger partial charge in [-0.15, -0.1) is 12.4 Å². The second-order valence-corrected chi connectivity index (χ2v) is 6.64. The fourth-order valence-corrected chi connectivity index (χ4v) is 3.66. The molecule has 5 heteroatoms. The largest absolute Gasteiger partial charge is 0.373 e. The third-order valence-corrected chi connectivity index (χ3v) is 5.05. The summed E-state index contributed by atoms with van der Waals surface area (Å²) in [5, 5.41) is 0. The number of halogens is 1. The van der Waals surface area contributed by atoms with Crippen molar-refractivity contribution in [2.75, 3.05) is 19.7 Å². The Morgan fingerprint density at radius 2 is 2.04 bits per heavy atom. The van der Waals surface area contributed by atoms with E-state index in [1.54, 1.807) is 0 Å². The molecule has 2 aliphatic heterocycles. The maximum Gasteiger partial charge on any atom is 0.228 e. The van der Waals surface area contributed by atoms with Crippen molar-refractivity contribution in [2.45, 2.75) is 38.3 Å². The fourth-order valence-electron chi connectivity index (χ4n) is 3.66. The van der Waals surface area contributed by atoms with Crippen LogP contribution in [0.3, 0.4) is 0 Å². The maximum absolute atomic E-state index is 13.0. The normalized spacial score (nSPS) is 29.0. The summed E-state index contributed by atoms with van der Waals surface area (Å²) < 4.78 is 5.96. The number of carbonyl (C=O) groups is 1. The zero-order valence-corrected chi connectivity index (χ0v) is 14.5. The van der Waals surface area contributed by atoms with Crippen molar-refractivity contribution in [1.82, 2.24) is 4.90 Å². The molecule has 0 radical (unpaired) electrons. The number of hydrogen-bond acceptors (Lipinski definition) is 3. The van der Waals surface area contributed by atoms with Gasteiger partial charge in [-0.05, 0) is 37.7 Å². The molecular formula is C18H27ClN2O2. The SMILES string of the molecule is CC(N)C1CCN(C(=O)C2CCCOC2c2ccccc2)C1.Cl. The number of ether oxygens (including phenoxy) is 1. The lowest BCUT2D eigenvalue weighted by Crippen LogP contribution is -2.40. The highest BCUT2D eigenvalue weighted by Gasteiger charge is 2.38. The van der Waals surface area contributed by atoms with Crippen molar-refractivity contribution in [3.8, 4) is 0 Å². The molecule has 0 bridgehead atoms. The summed E-state index contributed by atoms with van der Waals surface area (Å²) in [7, 11) is 0. The van der Waals surface area contributed by atoms with E-state index in [0.29, 0.717) is 5.92 Å². The van der Waals surface area contributed by atoms with Crippen LogP contribution in [0.15, 0.2) is 30.3 Å². The smallest absolute Gasteiger partial charge is 0.228 e. The summed E-state index contributed by atoms with van der Waals surface area (Å²) in [6.45, 7) is 4.42. The number of nitrogens with zero attached hydrogens (tertiary/aromatic N) is 1. The van der Waals surface area contributed by atoms with E-state index in [-0.39, 0.29) is 36.4 Å². The molecule has 0 spiro atoms. The number of nitrogens with two attached hydrogens (primary N) is 1. The van der Waals surface area contributed by atoms with Crippen LogP contribution in [0.4, 0.5) is 0 Å². The molecule has 3 rings (SSSR count). The van der Waals surface area contributed by atoms with Gasteiger partial charge in [0.2, 0.25) is 5.91 Å². The van der Waals surface area contributed by atoms with E-state index in [1.807, 2.05) is 30.0 Å². The molecule has 2 fully saturated rings. The minimum absolute atomic E-state index is 0. The van der Waals surface area contributed by atoms with Crippen LogP contribution >= 0.6 is 12.4 Å². The Morgan fingerprint density at radius 1 is 1.30 bits per heavy atom. The summed E-state index contributed by atoms with van der Waals surface area (Å²) in [4.78, 5) is 15.0. The van der Waals surface area contributed by atoms with Gasteiger partial charge in [0.25, 0.3) is 0 Å². The second kappa shape index (κ2) is 8.13. The molecule has 0 aromatic heterocycles. The molecule has 128 valence electrons. The lowest BCUT2D eigenvalue weighted by Gasteiger charge is -2.34. The Morgan fingerprint density at radius 3 is 2.70 bits per heavy atom. The van der Waals surface area contributed by atoms with Crippen LogP contribution in [0.1, 0.15) is 37.9 Å². The van der Waals surface area contributed by atoms with Gasteiger partial charge in [0.1, 0.15) is 0 Å². The Hall–Kier alpha value is -1.10. The molecule has 4 unspecified atom stereocenters. The first-order valence-electron chi connectivity index (χ1n) is 8.37. The maximum atomic E-state index is 13.0. The summed E-state index contributed by atoms with van der Waals surface area (Å²) in [6, 6.07) is 10.3. The third kappa shape index (κ3) is 4.06. The molecule has 0 aliphatic carbocycles. The van der Waals surface area contributed by atoms with Gasteiger partial charge in [-0.1, -0.05) is 30.3 Å². The van der Waals surface area contributed by atoms with Gasteiger partial charge in [-0.3, -0.25) is 4.79 Å². The molecule has 4 atom stereocenters. The topological polar surface area (TPSA) is 55.6 Å². The molecule has 1 aromatic rings. The summed E-state index contributed by atoms with van der Waals surface area (Å²) >= 11 is 0. The van der Waals surface area contributed by atoms with E-state index in [9.17, 15) is 4.79 Å². The van der Waals surface area contributed by atoms with Gasteiger partial charge >= 0.3 is 0 Å². The average molecular weight is 339 g/mol. The highest BCUT2D eigenvalue weighted by molar-refractivity contribution is 5.85. The van der Waals surface area contributed by atoms with Crippen LogP contribution < -0.4 is 5.73 Å². The van der Waals surface area contributed by atoms with E-state index in [2.05, 4.69) is 12.1 Å². The summed E-state index contributed by atoms with van der Waals surface area (Å²) in [5.41, 5.74) is 7.11. The first-order valence-corrected chi connectivity index (χ1v) is 8.37. The molecule has 2 heterocycles. The van der Waals surface area contributed by atoms with Gasteiger partial charge < -0.3 is 15.4 Å². The van der Waals surface area contributed by atoms with Gasteiger partial charge in [-0.2, -0.15) is 0 Å². The number of amides is 1. The second-order valence-electron chi connectivity index (χ2n) is 6.64. The van der Waals surface area contributed by atoms with Crippen LogP contribution in [0.2, 0.25) is 0 Å². The first-order chi connectivity index (χ1) is 10.7. The number of carbonyl (C=O) groups excluding carboxylic acids is 1. The molecule has 2 aliphatic rings. The highest BCUT2D eigenvalue weighted by atomic mass is 35.5. The van der Waals surface area contributed by atoms with E-state index < -0.39 is 0 Å². The van der Waals surface area contributed by atoms with Gasteiger partial charge in [-0.25, -0.2) is 0 Å². The van der Waals surface area contributed by atoms with Crippen LogP contribution in [0.5, 0.6) is 0 Å². The molecule has 23 heavy (non-hydrogen) atoms. The molecule has 1 aromatic carbocycles. The molecule has 0 saturated carbocycles. The van der Waals surface area contributed by atoms with Crippen LogP contribution in [-0.2, 0) is 9.53 Å². The van der Waals surface area contributed by atoms with Crippen molar-refractivity contribution in [3.05, 3.63) is 35.9 Å². The molecular weight excluding hydrogens is 312 g/mol. The highest BCUT2D eigenvalue weighted by Crippen LogP contribution is 2.36. The third-order valence-electron chi connectivity index (χ3n) is 5.05. The molecule has 1 amide bonds. The number of likely N-dealkylation sites (tertiary alicyclic amines) is 1. The Labute approximate surface area is 144 Å². The molecule has 2 saturated heterocycles. The number of benzene rings is 1. The quantitative estimate of drug-likeness (QED) is 0.922. The zero-order valence-electron chi connectivity index (χ0n) is 13.7. The van der Waals surface area contributed by atoms with Crippen molar-refractivity contribution >= 4 is 18.3 Å². The van der Waals surface area contributed by atoms with E-state index >= 15 is 0 Å². The minimum atomic E-state index is -0.100. The standard InChI is InChI=1S/C18H26N2O2.ClH/c1-13(19)15-9-10-20(12-15)18(21)16-8-5-11-22-17(16)14-6-3-2-4-7-14;/h2-4,6-7,13,15-17H,5,8-12,19H2,1H3;1H. The zero-order chi connectivity index (χ0) is 15.5. The fraction of sp³-hybridized carbons (Fsp3) is 0.611. The van der Waals surface area contributed by atoms with Crippen molar-refractivity contribution in [3.63, 3.8) is 0 Å². The van der Waals surface area contributed by atoms with E-state index in [4.69, 9.17) is 10.5 Å². The minimum Gasteiger partial charge on any atom is -0.373 e. The van der Waals surface area contributed by atoms with Crippen LogP contribution in [0, 0.1) is 11.8 Å². The van der Waals surface area contributed by atoms with Crippen molar-refractivity contribution < 1.29 is 9.53 Å². The lowest BCUT2D eigenvalue weighted by molar-refractivity contribution is -0.144. The van der Waals surface area contributed by atoms with E-state index in [1.165, 1.54) is 0 Å². The van der Waals surface area contributed by atoms with Crippen LogP contribution in [-0.4, -0.2) is 36.5 Å². The Bertz CT molecular complexity index is 509. The van der Waals surface area contributed by atoms with Crippen LogP contribution in [0.25, 0.3) is 0 Å². The molecule has 4 nitrogen and oxygen atoms in total. The van der Waals surface area contributed by atoms with Gasteiger partial charge in [0.15, 0.2) is 0 Å². The summed E-state index contributed by atoms with van der Waals surface area (Å²) in [5.74, 6) is 0.628.